The van der Waals surface area contributed by atoms with E-state index in [2.05, 4.69) is 38.6 Å². The first kappa shape index (κ1) is 20.0. The van der Waals surface area contributed by atoms with Gasteiger partial charge in [0.2, 0.25) is 11.8 Å². The number of aromatic nitrogens is 4. The Morgan fingerprint density at radius 1 is 1.41 bits per heavy atom. The monoisotopic (exact) mass is 402 g/mol. The van der Waals surface area contributed by atoms with E-state index in [-0.39, 0.29) is 12.0 Å². The maximum Gasteiger partial charge on any atom is 0.223 e. The van der Waals surface area contributed by atoms with Crippen molar-refractivity contribution in [2.75, 3.05) is 26.2 Å². The zero-order valence-corrected chi connectivity index (χ0v) is 17.2. The normalized spacial score (nSPS) is 24.6. The molecule has 0 aromatic carbocycles. The number of hydrogen-bond donors (Lipinski definition) is 1. The molecule has 2 saturated heterocycles. The number of aryl methyl sites for hydroxylation is 2. The Balaban J connectivity index is 1.20. The molecule has 1 N–H and O–H groups in total. The number of ether oxygens (including phenoxy) is 1. The summed E-state index contributed by atoms with van der Waals surface area (Å²) in [5.41, 5.74) is 1.26. The summed E-state index contributed by atoms with van der Waals surface area (Å²) in [6.07, 6.45) is 6.19. The summed E-state index contributed by atoms with van der Waals surface area (Å²) in [4.78, 5) is 19.0. The van der Waals surface area contributed by atoms with Gasteiger partial charge >= 0.3 is 0 Å². The van der Waals surface area contributed by atoms with Crippen molar-refractivity contribution in [2.24, 2.45) is 11.8 Å². The molecule has 2 aliphatic heterocycles. The minimum Gasteiger partial charge on any atom is -0.377 e. The Hall–Kier alpha value is -2.26. The Labute approximate surface area is 170 Å². The van der Waals surface area contributed by atoms with Gasteiger partial charge in [-0.3, -0.25) is 14.4 Å². The summed E-state index contributed by atoms with van der Waals surface area (Å²) in [6.45, 7) is 9.01. The highest BCUT2D eigenvalue weighted by atomic mass is 16.5. The first-order valence-electron chi connectivity index (χ1n) is 10.5. The number of likely N-dealkylation sites (tertiary alicyclic amines) is 1. The molecule has 9 heteroatoms. The van der Waals surface area contributed by atoms with Gasteiger partial charge in [-0.2, -0.15) is 10.1 Å². The largest absolute Gasteiger partial charge is 0.377 e. The van der Waals surface area contributed by atoms with E-state index in [0.717, 1.165) is 39.2 Å². The SMILES string of the molecule is CCn1cc(CN2CC[C@@H]3[C@@H](CO[C@H]3CC(=O)NCCc3noc(C)n3)C2)cn1. The number of rotatable bonds is 8. The van der Waals surface area contributed by atoms with E-state index in [0.29, 0.717) is 42.9 Å². The van der Waals surface area contributed by atoms with E-state index in [1.807, 2.05) is 10.9 Å². The third-order valence-electron chi connectivity index (χ3n) is 5.92. The Morgan fingerprint density at radius 2 is 2.31 bits per heavy atom. The third-order valence-corrected chi connectivity index (χ3v) is 5.92. The van der Waals surface area contributed by atoms with Crippen LogP contribution in [0.3, 0.4) is 0 Å². The molecular weight excluding hydrogens is 372 g/mol. The second-order valence-electron chi connectivity index (χ2n) is 8.06. The number of hydrogen-bond acceptors (Lipinski definition) is 7. The van der Waals surface area contributed by atoms with Crippen LogP contribution in [0, 0.1) is 18.8 Å². The lowest BCUT2D eigenvalue weighted by Crippen LogP contribution is -2.42. The summed E-state index contributed by atoms with van der Waals surface area (Å²) in [7, 11) is 0. The van der Waals surface area contributed by atoms with Crippen LogP contribution in [-0.4, -0.2) is 63.1 Å². The molecule has 0 unspecified atom stereocenters. The van der Waals surface area contributed by atoms with E-state index in [1.165, 1.54) is 5.56 Å². The first-order valence-corrected chi connectivity index (χ1v) is 10.5. The molecule has 4 heterocycles. The van der Waals surface area contributed by atoms with Gasteiger partial charge in [-0.25, -0.2) is 0 Å². The van der Waals surface area contributed by atoms with Crippen LogP contribution in [0.4, 0.5) is 0 Å². The molecule has 2 aliphatic rings. The molecule has 0 saturated carbocycles. The number of nitrogens with zero attached hydrogens (tertiary/aromatic N) is 5. The fourth-order valence-corrected chi connectivity index (χ4v) is 4.45. The average Bonchev–Trinajstić information content (AvgIpc) is 3.43. The van der Waals surface area contributed by atoms with Gasteiger partial charge in [0.1, 0.15) is 0 Å². The predicted octanol–water partition coefficient (Wildman–Crippen LogP) is 1.18. The van der Waals surface area contributed by atoms with Crippen LogP contribution < -0.4 is 5.32 Å². The van der Waals surface area contributed by atoms with E-state index in [4.69, 9.17) is 9.26 Å². The zero-order chi connectivity index (χ0) is 20.2. The number of nitrogens with one attached hydrogen (secondary N) is 1. The predicted molar refractivity (Wildman–Crippen MR) is 105 cm³/mol. The van der Waals surface area contributed by atoms with Crippen molar-refractivity contribution >= 4 is 5.91 Å². The summed E-state index contributed by atoms with van der Waals surface area (Å²) in [5.74, 6) is 2.17. The molecule has 0 radical (unpaired) electrons. The quantitative estimate of drug-likeness (QED) is 0.708. The van der Waals surface area contributed by atoms with E-state index in [9.17, 15) is 4.79 Å². The number of carbonyl (C=O) groups excluding carboxylic acids is 1. The molecule has 9 nitrogen and oxygen atoms in total. The fourth-order valence-electron chi connectivity index (χ4n) is 4.45. The van der Waals surface area contributed by atoms with Crippen LogP contribution >= 0.6 is 0 Å². The second kappa shape index (κ2) is 9.04. The van der Waals surface area contributed by atoms with Crippen molar-refractivity contribution < 1.29 is 14.1 Å². The van der Waals surface area contributed by atoms with Crippen molar-refractivity contribution in [3.63, 3.8) is 0 Å². The molecular formula is C20H30N6O3. The van der Waals surface area contributed by atoms with Crippen LogP contribution in [0.5, 0.6) is 0 Å². The van der Waals surface area contributed by atoms with Crippen molar-refractivity contribution in [1.82, 2.24) is 30.1 Å². The van der Waals surface area contributed by atoms with Crippen LogP contribution in [-0.2, 0) is 29.0 Å². The van der Waals surface area contributed by atoms with Crippen molar-refractivity contribution in [1.29, 1.82) is 0 Å². The molecule has 2 aromatic heterocycles. The number of amides is 1. The van der Waals surface area contributed by atoms with Gasteiger partial charge < -0.3 is 14.6 Å². The molecule has 0 aliphatic carbocycles. The van der Waals surface area contributed by atoms with Crippen LogP contribution in [0.1, 0.15) is 37.0 Å². The molecule has 3 atom stereocenters. The number of piperidine rings is 1. The maximum atomic E-state index is 12.3. The van der Waals surface area contributed by atoms with Crippen LogP contribution in [0.2, 0.25) is 0 Å². The average molecular weight is 402 g/mol. The lowest BCUT2D eigenvalue weighted by molar-refractivity contribution is -0.123. The van der Waals surface area contributed by atoms with Gasteiger partial charge in [-0.05, 0) is 25.8 Å². The number of fused-ring (bicyclic) bond motifs is 1. The van der Waals surface area contributed by atoms with Gasteiger partial charge in [0.05, 0.1) is 25.3 Å². The lowest BCUT2D eigenvalue weighted by Gasteiger charge is -2.35. The van der Waals surface area contributed by atoms with Crippen molar-refractivity contribution in [3.05, 3.63) is 29.7 Å². The molecule has 2 fully saturated rings. The first-order chi connectivity index (χ1) is 14.1. The highest BCUT2D eigenvalue weighted by Gasteiger charge is 2.41. The van der Waals surface area contributed by atoms with E-state index >= 15 is 0 Å². The van der Waals surface area contributed by atoms with E-state index < -0.39 is 0 Å². The summed E-state index contributed by atoms with van der Waals surface area (Å²) >= 11 is 0. The Bertz CT molecular complexity index is 819. The molecule has 158 valence electrons. The van der Waals surface area contributed by atoms with Crippen LogP contribution in [0.15, 0.2) is 16.9 Å². The smallest absolute Gasteiger partial charge is 0.223 e. The molecule has 2 aromatic rings. The minimum absolute atomic E-state index is 0.0254. The summed E-state index contributed by atoms with van der Waals surface area (Å²) < 4.78 is 12.9. The van der Waals surface area contributed by atoms with Crippen LogP contribution in [0.25, 0.3) is 0 Å². The van der Waals surface area contributed by atoms with Gasteiger partial charge in [-0.15, -0.1) is 0 Å². The Kier molecular flexibility index (Phi) is 6.25. The zero-order valence-electron chi connectivity index (χ0n) is 17.2. The molecule has 1 amide bonds. The lowest BCUT2D eigenvalue weighted by atomic mass is 9.83. The van der Waals surface area contributed by atoms with Gasteiger partial charge in [0.25, 0.3) is 0 Å². The molecule has 4 rings (SSSR count). The van der Waals surface area contributed by atoms with Crippen molar-refractivity contribution in [2.45, 2.75) is 52.3 Å². The molecule has 0 bridgehead atoms. The summed E-state index contributed by atoms with van der Waals surface area (Å²) in [6, 6.07) is 0. The van der Waals surface area contributed by atoms with Crippen molar-refractivity contribution in [3.8, 4) is 0 Å². The number of carbonyl (C=O) groups is 1. The highest BCUT2D eigenvalue weighted by Crippen LogP contribution is 2.36. The highest BCUT2D eigenvalue weighted by molar-refractivity contribution is 5.76. The van der Waals surface area contributed by atoms with E-state index in [1.54, 1.807) is 6.92 Å². The van der Waals surface area contributed by atoms with Gasteiger partial charge in [-0.1, -0.05) is 5.16 Å². The molecule has 29 heavy (non-hydrogen) atoms. The Morgan fingerprint density at radius 3 is 3.07 bits per heavy atom. The standard InChI is InChI=1S/C20H30N6O3/c1-3-26-11-15(9-22-26)10-25-7-5-17-16(12-25)13-28-18(17)8-20(27)21-6-4-19-23-14(2)29-24-19/h9,11,16-18H,3-8,10,12-13H2,1-2H3,(H,21,27)/t16-,17-,18+/m1/s1. The summed E-state index contributed by atoms with van der Waals surface area (Å²) in [5, 5.41) is 11.2. The van der Waals surface area contributed by atoms with Gasteiger partial charge in [0, 0.05) is 57.2 Å². The minimum atomic E-state index is 0.0254. The third kappa shape index (κ3) is 5.02. The topological polar surface area (TPSA) is 98.3 Å². The molecule has 0 spiro atoms. The second-order valence-corrected chi connectivity index (χ2v) is 8.06. The van der Waals surface area contributed by atoms with Gasteiger partial charge in [0.15, 0.2) is 5.82 Å². The maximum absolute atomic E-state index is 12.3. The fraction of sp³-hybridized carbons (Fsp3) is 0.700.